The molecule has 0 heterocycles. The minimum Gasteiger partial charge on any atom is -0.427 e. The molecule has 2 aromatic rings. The zero-order chi connectivity index (χ0) is 35.9. The van der Waals surface area contributed by atoms with E-state index in [1.165, 1.54) is 116 Å². The van der Waals surface area contributed by atoms with Crippen LogP contribution < -0.4 is 9.47 Å². The van der Waals surface area contributed by atoms with Gasteiger partial charge in [0, 0.05) is 17.4 Å². The van der Waals surface area contributed by atoms with Crippen molar-refractivity contribution in [3.63, 3.8) is 0 Å². The number of ether oxygens (including phenoxy) is 2. The van der Waals surface area contributed by atoms with Gasteiger partial charge >= 0.3 is 20.2 Å². The minimum absolute atomic E-state index is 0.107. The summed E-state index contributed by atoms with van der Waals surface area (Å²) in [5.74, 6) is 0.552. The predicted octanol–water partition coefficient (Wildman–Crippen LogP) is 13.3. The first-order chi connectivity index (χ1) is 24.5. The summed E-state index contributed by atoms with van der Waals surface area (Å²) in [6, 6.07) is 14.0. The molecule has 0 amide bonds. The fourth-order valence-corrected chi connectivity index (χ4v) is 6.41. The molecule has 8 heteroatoms. The summed E-state index contributed by atoms with van der Waals surface area (Å²) in [6.45, 7) is 4.71. The van der Waals surface area contributed by atoms with E-state index in [-0.39, 0.29) is 25.2 Å². The van der Waals surface area contributed by atoms with E-state index in [9.17, 15) is 14.2 Å². The smallest absolute Gasteiger partial charge is 0.427 e. The SMILES string of the molecule is CCCCCCCCCCCCCC(=O)Oc1ccc(CO[P+](=O)OCc2ccc(OC(=O)CCCCCCCCCCCCC)cc2)cc1. The molecule has 0 unspecified atom stereocenters. The van der Waals surface area contributed by atoms with Crippen molar-refractivity contribution in [2.24, 2.45) is 0 Å². The molecule has 0 aliphatic rings. The first-order valence-electron chi connectivity index (χ1n) is 19.8. The topological polar surface area (TPSA) is 88.1 Å². The number of carbonyl (C=O) groups is 2. The Morgan fingerprint density at radius 3 is 1.02 bits per heavy atom. The molecule has 0 bridgehead atoms. The Kier molecular flexibility index (Phi) is 26.2. The molecule has 7 nitrogen and oxygen atoms in total. The van der Waals surface area contributed by atoms with Crippen molar-refractivity contribution >= 4 is 20.2 Å². The van der Waals surface area contributed by atoms with Gasteiger partial charge in [0.05, 0.1) is 0 Å². The van der Waals surface area contributed by atoms with E-state index in [1.54, 1.807) is 48.5 Å². The Morgan fingerprint density at radius 1 is 0.440 bits per heavy atom. The number of esters is 2. The molecule has 0 aliphatic heterocycles. The van der Waals surface area contributed by atoms with Crippen LogP contribution in [0.15, 0.2) is 48.5 Å². The van der Waals surface area contributed by atoms with Gasteiger partial charge < -0.3 is 9.47 Å². The van der Waals surface area contributed by atoms with Crippen LogP contribution in [0.4, 0.5) is 0 Å². The van der Waals surface area contributed by atoms with Crippen LogP contribution in [0.1, 0.15) is 179 Å². The molecular weight excluding hydrogens is 647 g/mol. The second-order valence-corrected chi connectivity index (χ2v) is 14.5. The third-order valence-electron chi connectivity index (χ3n) is 8.95. The van der Waals surface area contributed by atoms with Crippen molar-refractivity contribution in [2.75, 3.05) is 0 Å². The maximum absolute atomic E-state index is 12.3. The van der Waals surface area contributed by atoms with Crippen LogP contribution in [-0.2, 0) is 36.4 Å². The number of carbonyl (C=O) groups excluding carboxylic acids is 2. The number of hydrogen-bond acceptors (Lipinski definition) is 7. The van der Waals surface area contributed by atoms with Crippen LogP contribution in [-0.4, -0.2) is 11.9 Å². The summed E-state index contributed by atoms with van der Waals surface area (Å²) < 4.78 is 33.9. The number of benzene rings is 2. The summed E-state index contributed by atoms with van der Waals surface area (Å²) in [5.41, 5.74) is 1.59. The van der Waals surface area contributed by atoms with E-state index in [2.05, 4.69) is 13.8 Å². The molecule has 50 heavy (non-hydrogen) atoms. The minimum atomic E-state index is -2.33. The van der Waals surface area contributed by atoms with Crippen molar-refractivity contribution in [2.45, 2.75) is 181 Å². The average Bonchev–Trinajstić information content (AvgIpc) is 3.12. The van der Waals surface area contributed by atoms with E-state index in [0.717, 1.165) is 36.8 Å². The highest BCUT2D eigenvalue weighted by molar-refractivity contribution is 7.33. The van der Waals surface area contributed by atoms with Gasteiger partial charge in [-0.15, -0.1) is 9.05 Å². The molecular formula is C42H66O7P+. The lowest BCUT2D eigenvalue weighted by Gasteiger charge is -2.06. The largest absolute Gasteiger partial charge is 0.698 e. The monoisotopic (exact) mass is 713 g/mol. The Hall–Kier alpha value is -2.60. The van der Waals surface area contributed by atoms with E-state index in [0.29, 0.717) is 24.3 Å². The Balaban J connectivity index is 1.49. The van der Waals surface area contributed by atoms with Gasteiger partial charge in [-0.2, -0.15) is 0 Å². The van der Waals surface area contributed by atoms with Gasteiger partial charge in [0.25, 0.3) is 0 Å². The highest BCUT2D eigenvalue weighted by atomic mass is 31.1. The summed E-state index contributed by atoms with van der Waals surface area (Å²) in [4.78, 5) is 24.4. The molecule has 0 saturated heterocycles. The van der Waals surface area contributed by atoms with Crippen LogP contribution in [0, 0.1) is 0 Å². The lowest BCUT2D eigenvalue weighted by molar-refractivity contribution is -0.135. The van der Waals surface area contributed by atoms with Gasteiger partial charge in [-0.1, -0.05) is 167 Å². The van der Waals surface area contributed by atoms with Crippen LogP contribution >= 0.6 is 8.25 Å². The molecule has 0 fully saturated rings. The molecule has 0 radical (unpaired) electrons. The fourth-order valence-electron chi connectivity index (χ4n) is 5.83. The van der Waals surface area contributed by atoms with Crippen molar-refractivity contribution in [3.05, 3.63) is 59.7 Å². The molecule has 0 saturated carbocycles. The summed E-state index contributed by atoms with van der Waals surface area (Å²) in [6.07, 6.45) is 28.2. The number of hydrogen-bond donors (Lipinski definition) is 0. The number of rotatable bonds is 32. The van der Waals surface area contributed by atoms with E-state index in [4.69, 9.17) is 18.5 Å². The standard InChI is InChI=1S/C42H66O7P/c1-3-5-7-9-11-13-15-17-19-21-23-25-41(43)48-39-31-27-37(28-32-39)35-46-50(45)47-36-38-29-33-40(34-30-38)49-42(44)26-24-22-20-18-16-14-12-10-8-6-4-2/h27-34H,3-26,35-36H2,1-2H3/q+1. The van der Waals surface area contributed by atoms with Crippen molar-refractivity contribution < 1.29 is 32.7 Å². The third-order valence-corrected chi connectivity index (χ3v) is 9.63. The first kappa shape index (κ1) is 43.6. The third kappa shape index (κ3) is 23.7. The van der Waals surface area contributed by atoms with Crippen LogP contribution in [0.5, 0.6) is 11.5 Å². The average molecular weight is 714 g/mol. The molecule has 280 valence electrons. The Morgan fingerprint density at radius 2 is 0.720 bits per heavy atom. The molecule has 0 spiro atoms. The lowest BCUT2D eigenvalue weighted by Crippen LogP contribution is -2.07. The maximum atomic E-state index is 12.3. The van der Waals surface area contributed by atoms with E-state index < -0.39 is 8.25 Å². The van der Waals surface area contributed by atoms with Gasteiger partial charge in [-0.3, -0.25) is 9.59 Å². The van der Waals surface area contributed by atoms with E-state index >= 15 is 0 Å². The predicted molar refractivity (Wildman–Crippen MR) is 203 cm³/mol. The highest BCUT2D eigenvalue weighted by Gasteiger charge is 2.21. The van der Waals surface area contributed by atoms with Crippen molar-refractivity contribution in [3.8, 4) is 11.5 Å². The summed E-state index contributed by atoms with van der Waals surface area (Å²) >= 11 is 0. The van der Waals surface area contributed by atoms with Crippen LogP contribution in [0.25, 0.3) is 0 Å². The first-order valence-corrected chi connectivity index (χ1v) is 20.9. The van der Waals surface area contributed by atoms with Gasteiger partial charge in [-0.05, 0) is 48.2 Å². The molecule has 2 aromatic carbocycles. The van der Waals surface area contributed by atoms with Crippen molar-refractivity contribution in [1.82, 2.24) is 0 Å². The Labute approximate surface area is 304 Å². The van der Waals surface area contributed by atoms with Crippen molar-refractivity contribution in [1.29, 1.82) is 0 Å². The van der Waals surface area contributed by atoms with Crippen LogP contribution in [0.2, 0.25) is 0 Å². The molecule has 0 atom stereocenters. The van der Waals surface area contributed by atoms with Gasteiger partial charge in [0.15, 0.2) is 0 Å². The van der Waals surface area contributed by atoms with E-state index in [1.807, 2.05) is 0 Å². The van der Waals surface area contributed by atoms with Gasteiger partial charge in [0.2, 0.25) is 0 Å². The quantitative estimate of drug-likeness (QED) is 0.0323. The lowest BCUT2D eigenvalue weighted by atomic mass is 10.1. The summed E-state index contributed by atoms with van der Waals surface area (Å²) in [5, 5.41) is 0. The van der Waals surface area contributed by atoms with Gasteiger partial charge in [-0.25, -0.2) is 0 Å². The van der Waals surface area contributed by atoms with Crippen LogP contribution in [0.3, 0.4) is 0 Å². The molecule has 0 aromatic heterocycles. The zero-order valence-corrected chi connectivity index (χ0v) is 32.2. The Bertz CT molecular complexity index is 1060. The summed E-state index contributed by atoms with van der Waals surface area (Å²) in [7, 11) is -2.33. The maximum Gasteiger partial charge on any atom is 0.698 e. The highest BCUT2D eigenvalue weighted by Crippen LogP contribution is 2.28. The zero-order valence-electron chi connectivity index (χ0n) is 31.3. The van der Waals surface area contributed by atoms with Gasteiger partial charge in [0.1, 0.15) is 24.7 Å². The second-order valence-electron chi connectivity index (χ2n) is 13.6. The molecule has 2 rings (SSSR count). The number of unbranched alkanes of at least 4 members (excludes halogenated alkanes) is 20. The molecule has 0 N–H and O–H groups in total. The fraction of sp³-hybridized carbons (Fsp3) is 0.667. The normalized spacial score (nSPS) is 11.1. The second kappa shape index (κ2) is 30.1. The molecule has 0 aliphatic carbocycles.